The number of esters is 2. The Morgan fingerprint density at radius 2 is 1.78 bits per heavy atom. The van der Waals surface area contributed by atoms with Gasteiger partial charge >= 0.3 is 11.9 Å². The second-order valence-electron chi connectivity index (χ2n) is 7.41. The lowest BCUT2D eigenvalue weighted by Gasteiger charge is -2.04. The number of benzene rings is 1. The van der Waals surface area contributed by atoms with Crippen LogP contribution in [-0.2, 0) is 20.7 Å². The topological polar surface area (TPSA) is 111 Å². The summed E-state index contributed by atoms with van der Waals surface area (Å²) in [5, 5.41) is 0. The first kappa shape index (κ1) is 23.0. The maximum absolute atomic E-state index is 12.5. The van der Waals surface area contributed by atoms with Gasteiger partial charge in [-0.2, -0.15) is 0 Å². The van der Waals surface area contributed by atoms with Gasteiger partial charge in [-0.05, 0) is 33.3 Å². The number of carbonyl (C=O) groups excluding carboxylic acids is 3. The van der Waals surface area contributed by atoms with Gasteiger partial charge < -0.3 is 18.9 Å². The monoisotopic (exact) mass is 438 g/mol. The molecule has 3 rings (SSSR count). The smallest absolute Gasteiger partial charge is 0.340 e. The number of oxazole rings is 1. The van der Waals surface area contributed by atoms with E-state index in [1.54, 1.807) is 27.0 Å². The Kier molecular flexibility index (Phi) is 7.25. The number of nitrogens with one attached hydrogen (secondary N) is 1. The molecule has 0 atom stereocenters. The van der Waals surface area contributed by atoms with Crippen molar-refractivity contribution in [1.82, 2.24) is 9.97 Å². The molecule has 8 nitrogen and oxygen atoms in total. The van der Waals surface area contributed by atoms with Crippen molar-refractivity contribution in [3.05, 3.63) is 64.4 Å². The van der Waals surface area contributed by atoms with Crippen molar-refractivity contribution in [3.8, 4) is 11.3 Å². The van der Waals surface area contributed by atoms with Gasteiger partial charge in [0.15, 0.2) is 18.3 Å². The molecular formula is C24H26N2O6. The van der Waals surface area contributed by atoms with Crippen LogP contribution in [0.2, 0.25) is 0 Å². The average molecular weight is 438 g/mol. The van der Waals surface area contributed by atoms with Gasteiger partial charge in [-0.3, -0.25) is 9.59 Å². The van der Waals surface area contributed by atoms with E-state index in [-0.39, 0.29) is 25.1 Å². The molecule has 0 saturated carbocycles. The standard InChI is InChI=1S/C24H26N2O6/c1-5-30-24(29)22-15(3)23(26-16(22)4)18(27)13-31-21(28)11-10-20-25-12-19(32-20)17-8-6-14(2)7-9-17/h6-9,12,26H,5,10-11,13H2,1-4H3. The fourth-order valence-electron chi connectivity index (χ4n) is 3.31. The number of aryl methyl sites for hydroxylation is 3. The van der Waals surface area contributed by atoms with Crippen molar-refractivity contribution in [1.29, 1.82) is 0 Å². The number of ether oxygens (including phenoxy) is 2. The Morgan fingerprint density at radius 3 is 2.47 bits per heavy atom. The number of hydrogen-bond acceptors (Lipinski definition) is 7. The minimum Gasteiger partial charge on any atom is -0.462 e. The van der Waals surface area contributed by atoms with Crippen molar-refractivity contribution < 1.29 is 28.3 Å². The molecule has 0 fully saturated rings. The van der Waals surface area contributed by atoms with Crippen LogP contribution in [0, 0.1) is 20.8 Å². The fourth-order valence-corrected chi connectivity index (χ4v) is 3.31. The number of hydrogen-bond donors (Lipinski definition) is 1. The van der Waals surface area contributed by atoms with Crippen LogP contribution in [0.15, 0.2) is 34.9 Å². The first-order valence-electron chi connectivity index (χ1n) is 10.4. The molecule has 1 N–H and O–H groups in total. The molecule has 0 aliphatic heterocycles. The third kappa shape index (κ3) is 5.32. The van der Waals surface area contributed by atoms with E-state index in [0.717, 1.165) is 11.1 Å². The number of carbonyl (C=O) groups is 3. The number of nitrogens with zero attached hydrogens (tertiary/aromatic N) is 1. The van der Waals surface area contributed by atoms with Crippen molar-refractivity contribution in [2.45, 2.75) is 40.5 Å². The first-order chi connectivity index (χ1) is 15.3. The Labute approximate surface area is 185 Å². The van der Waals surface area contributed by atoms with Crippen molar-refractivity contribution >= 4 is 17.7 Å². The molecule has 0 aliphatic rings. The lowest BCUT2D eigenvalue weighted by atomic mass is 10.1. The van der Waals surface area contributed by atoms with Gasteiger partial charge in [0.25, 0.3) is 0 Å². The summed E-state index contributed by atoms with van der Waals surface area (Å²) in [6, 6.07) is 7.85. The Hall–Kier alpha value is -3.68. The first-order valence-corrected chi connectivity index (χ1v) is 10.4. The second kappa shape index (κ2) is 10.1. The summed E-state index contributed by atoms with van der Waals surface area (Å²) in [7, 11) is 0. The third-order valence-electron chi connectivity index (χ3n) is 4.99. The molecule has 32 heavy (non-hydrogen) atoms. The van der Waals surface area contributed by atoms with Gasteiger partial charge in [0.1, 0.15) is 0 Å². The highest BCUT2D eigenvalue weighted by Gasteiger charge is 2.23. The highest BCUT2D eigenvalue weighted by Crippen LogP contribution is 2.22. The zero-order valence-corrected chi connectivity index (χ0v) is 18.6. The van der Waals surface area contributed by atoms with E-state index in [1.165, 1.54) is 0 Å². The highest BCUT2D eigenvalue weighted by molar-refractivity contribution is 6.02. The minimum atomic E-state index is -0.542. The highest BCUT2D eigenvalue weighted by atomic mass is 16.5. The molecule has 2 aromatic heterocycles. The van der Waals surface area contributed by atoms with Crippen LogP contribution in [0.3, 0.4) is 0 Å². The minimum absolute atomic E-state index is 0.0257. The molecule has 8 heteroatoms. The number of Topliss-reactive ketones (excluding diaryl/α,β-unsaturated/α-hetero) is 1. The summed E-state index contributed by atoms with van der Waals surface area (Å²) in [6.45, 7) is 6.86. The second-order valence-corrected chi connectivity index (χ2v) is 7.41. The van der Waals surface area contributed by atoms with Gasteiger partial charge in [0.2, 0.25) is 5.78 Å². The lowest BCUT2D eigenvalue weighted by molar-refractivity contribution is -0.142. The van der Waals surface area contributed by atoms with Crippen LogP contribution in [0.25, 0.3) is 11.3 Å². The Morgan fingerprint density at radius 1 is 1.06 bits per heavy atom. The lowest BCUT2D eigenvalue weighted by Crippen LogP contribution is -2.16. The summed E-state index contributed by atoms with van der Waals surface area (Å²) in [5.74, 6) is -0.421. The van der Waals surface area contributed by atoms with Crippen LogP contribution < -0.4 is 0 Å². The van der Waals surface area contributed by atoms with Gasteiger partial charge in [-0.1, -0.05) is 29.8 Å². The third-order valence-corrected chi connectivity index (χ3v) is 4.99. The Bertz CT molecular complexity index is 1120. The van der Waals surface area contributed by atoms with E-state index in [2.05, 4.69) is 9.97 Å². The van der Waals surface area contributed by atoms with E-state index in [1.807, 2.05) is 31.2 Å². The van der Waals surface area contributed by atoms with Gasteiger partial charge in [0.05, 0.1) is 30.5 Å². The molecular weight excluding hydrogens is 412 g/mol. The molecule has 0 bridgehead atoms. The van der Waals surface area contributed by atoms with Crippen molar-refractivity contribution in [2.75, 3.05) is 13.2 Å². The maximum Gasteiger partial charge on any atom is 0.340 e. The van der Waals surface area contributed by atoms with E-state index in [0.29, 0.717) is 28.5 Å². The number of aromatic amines is 1. The molecule has 1 aromatic carbocycles. The van der Waals surface area contributed by atoms with Crippen molar-refractivity contribution in [2.24, 2.45) is 0 Å². The van der Waals surface area contributed by atoms with Gasteiger partial charge in [-0.15, -0.1) is 0 Å². The molecule has 0 saturated heterocycles. The predicted molar refractivity (Wildman–Crippen MR) is 117 cm³/mol. The maximum atomic E-state index is 12.5. The number of rotatable bonds is 9. The summed E-state index contributed by atoms with van der Waals surface area (Å²) < 4.78 is 15.8. The van der Waals surface area contributed by atoms with Gasteiger partial charge in [0, 0.05) is 17.7 Å². The zero-order chi connectivity index (χ0) is 23.3. The molecule has 0 radical (unpaired) electrons. The van der Waals surface area contributed by atoms with Crippen LogP contribution in [0.5, 0.6) is 0 Å². The summed E-state index contributed by atoms with van der Waals surface area (Å²) in [5.41, 5.74) is 3.62. The largest absolute Gasteiger partial charge is 0.462 e. The predicted octanol–water partition coefficient (Wildman–Crippen LogP) is 4.13. The normalized spacial score (nSPS) is 10.8. The van der Waals surface area contributed by atoms with Crippen LogP contribution in [-0.4, -0.2) is 40.9 Å². The van der Waals surface area contributed by atoms with E-state index in [4.69, 9.17) is 13.9 Å². The average Bonchev–Trinajstić information content (AvgIpc) is 3.35. The molecule has 168 valence electrons. The number of ketones is 1. The molecule has 0 amide bonds. The van der Waals surface area contributed by atoms with E-state index in [9.17, 15) is 14.4 Å². The summed E-state index contributed by atoms with van der Waals surface area (Å²) in [4.78, 5) is 43.7. The SMILES string of the molecule is CCOC(=O)c1c(C)[nH]c(C(=O)COC(=O)CCc2ncc(-c3ccc(C)cc3)o2)c1C. The van der Waals surface area contributed by atoms with Crippen LogP contribution in [0.4, 0.5) is 0 Å². The van der Waals surface area contributed by atoms with Crippen LogP contribution >= 0.6 is 0 Å². The van der Waals surface area contributed by atoms with Crippen molar-refractivity contribution in [3.63, 3.8) is 0 Å². The number of H-pyrrole nitrogens is 1. The molecule has 0 unspecified atom stereocenters. The summed E-state index contributed by atoms with van der Waals surface area (Å²) >= 11 is 0. The van der Waals surface area contributed by atoms with E-state index >= 15 is 0 Å². The van der Waals surface area contributed by atoms with Gasteiger partial charge in [-0.25, -0.2) is 9.78 Å². The molecule has 0 spiro atoms. The quantitative estimate of drug-likeness (QED) is 0.395. The van der Waals surface area contributed by atoms with E-state index < -0.39 is 24.3 Å². The summed E-state index contributed by atoms with van der Waals surface area (Å²) in [6.07, 6.45) is 1.90. The molecule has 3 aromatic rings. The van der Waals surface area contributed by atoms with Crippen LogP contribution in [0.1, 0.15) is 56.9 Å². The Balaban J connectivity index is 1.52. The fraction of sp³-hybridized carbons (Fsp3) is 0.333. The zero-order valence-electron chi connectivity index (χ0n) is 18.6. The molecule has 2 heterocycles. The molecule has 0 aliphatic carbocycles. The number of aromatic nitrogens is 2.